The Hall–Kier alpha value is -1.29. The zero-order valence-corrected chi connectivity index (χ0v) is 9.36. The van der Waals surface area contributed by atoms with Crippen LogP contribution in [-0.4, -0.2) is 9.97 Å². The molecule has 1 atom stereocenters. The van der Waals surface area contributed by atoms with Crippen LogP contribution in [0.15, 0.2) is 42.9 Å². The molecule has 0 N–H and O–H groups in total. The van der Waals surface area contributed by atoms with E-state index in [1.807, 2.05) is 6.07 Å². The van der Waals surface area contributed by atoms with Gasteiger partial charge < -0.3 is 0 Å². The van der Waals surface area contributed by atoms with E-state index in [-0.39, 0.29) is 10.6 Å². The molecule has 0 aliphatic rings. The van der Waals surface area contributed by atoms with Crippen LogP contribution in [0.2, 0.25) is 0 Å². The second-order valence-electron chi connectivity index (χ2n) is 3.05. The summed E-state index contributed by atoms with van der Waals surface area (Å²) in [6.45, 7) is 0. The van der Waals surface area contributed by atoms with Crippen molar-refractivity contribution in [2.75, 3.05) is 0 Å². The molecule has 2 aromatic rings. The molecule has 0 aliphatic carbocycles. The molecule has 0 fully saturated rings. The molecular formula is C11H8BrFN2. The smallest absolute Gasteiger partial charge is 0.123 e. The summed E-state index contributed by atoms with van der Waals surface area (Å²) in [6, 6.07) is 8.16. The van der Waals surface area contributed by atoms with Gasteiger partial charge in [0, 0.05) is 6.20 Å². The summed E-state index contributed by atoms with van der Waals surface area (Å²) in [5.41, 5.74) is 1.83. The number of alkyl halides is 1. The largest absolute Gasteiger partial charge is 0.245 e. The number of hydrogen-bond donors (Lipinski definition) is 0. The summed E-state index contributed by atoms with van der Waals surface area (Å²) in [4.78, 5) is 7.94. The van der Waals surface area contributed by atoms with Crippen LogP contribution >= 0.6 is 15.9 Å². The SMILES string of the molecule is Fc1ccc(C(Br)c2ccncn2)cc1. The number of benzene rings is 1. The predicted molar refractivity (Wildman–Crippen MR) is 59.2 cm³/mol. The second-order valence-corrected chi connectivity index (χ2v) is 3.96. The minimum absolute atomic E-state index is 0.0268. The van der Waals surface area contributed by atoms with E-state index in [9.17, 15) is 4.39 Å². The summed E-state index contributed by atoms with van der Waals surface area (Å²) in [6.07, 6.45) is 3.17. The molecule has 0 bridgehead atoms. The Kier molecular flexibility index (Phi) is 3.06. The molecule has 2 nitrogen and oxygen atoms in total. The normalized spacial score (nSPS) is 12.4. The van der Waals surface area contributed by atoms with Crippen LogP contribution in [0.1, 0.15) is 16.1 Å². The fourth-order valence-electron chi connectivity index (χ4n) is 1.25. The van der Waals surface area contributed by atoms with E-state index in [1.54, 1.807) is 18.3 Å². The van der Waals surface area contributed by atoms with Crippen molar-refractivity contribution in [3.63, 3.8) is 0 Å². The van der Waals surface area contributed by atoms with E-state index in [4.69, 9.17) is 0 Å². The summed E-state index contributed by atoms with van der Waals surface area (Å²) in [5.74, 6) is -0.235. The van der Waals surface area contributed by atoms with E-state index in [0.29, 0.717) is 0 Å². The van der Waals surface area contributed by atoms with Crippen molar-refractivity contribution in [2.45, 2.75) is 4.83 Å². The number of halogens is 2. The maximum Gasteiger partial charge on any atom is 0.123 e. The van der Waals surface area contributed by atoms with Gasteiger partial charge >= 0.3 is 0 Å². The number of nitrogens with zero attached hydrogens (tertiary/aromatic N) is 2. The first-order valence-electron chi connectivity index (χ1n) is 4.43. The van der Waals surface area contributed by atoms with Crippen molar-refractivity contribution in [2.24, 2.45) is 0 Å². The van der Waals surface area contributed by atoms with Gasteiger partial charge in [0.1, 0.15) is 12.1 Å². The highest BCUT2D eigenvalue weighted by Gasteiger charge is 2.10. The molecule has 76 valence electrons. The first kappa shape index (κ1) is 10.2. The average molecular weight is 267 g/mol. The molecule has 4 heteroatoms. The average Bonchev–Trinajstić information content (AvgIpc) is 2.30. The van der Waals surface area contributed by atoms with E-state index in [2.05, 4.69) is 25.9 Å². The third kappa shape index (κ3) is 2.39. The molecule has 0 radical (unpaired) electrons. The molecule has 1 aromatic carbocycles. The minimum atomic E-state index is -0.235. The summed E-state index contributed by atoms with van der Waals surface area (Å²) >= 11 is 3.51. The Morgan fingerprint density at radius 2 is 1.87 bits per heavy atom. The zero-order valence-electron chi connectivity index (χ0n) is 7.77. The maximum absolute atomic E-state index is 12.7. The van der Waals surface area contributed by atoms with Gasteiger partial charge in [0.25, 0.3) is 0 Å². The lowest BCUT2D eigenvalue weighted by Gasteiger charge is -2.08. The van der Waals surface area contributed by atoms with Gasteiger partial charge in [0.2, 0.25) is 0 Å². The van der Waals surface area contributed by atoms with Crippen LogP contribution in [0.5, 0.6) is 0 Å². The zero-order chi connectivity index (χ0) is 10.7. The van der Waals surface area contributed by atoms with Crippen molar-refractivity contribution in [1.29, 1.82) is 0 Å². The van der Waals surface area contributed by atoms with Gasteiger partial charge in [-0.15, -0.1) is 0 Å². The third-order valence-electron chi connectivity index (χ3n) is 2.03. The van der Waals surface area contributed by atoms with Crippen molar-refractivity contribution in [1.82, 2.24) is 9.97 Å². The maximum atomic E-state index is 12.7. The summed E-state index contributed by atoms with van der Waals surface area (Å²) in [5, 5.41) is 0. The lowest BCUT2D eigenvalue weighted by atomic mass is 10.1. The fraction of sp³-hybridized carbons (Fsp3) is 0.0909. The molecule has 1 aromatic heterocycles. The Bertz CT molecular complexity index is 430. The van der Waals surface area contributed by atoms with Crippen LogP contribution in [0.3, 0.4) is 0 Å². The van der Waals surface area contributed by atoms with Gasteiger partial charge in [-0.3, -0.25) is 0 Å². The first-order valence-corrected chi connectivity index (χ1v) is 5.34. The predicted octanol–water partition coefficient (Wildman–Crippen LogP) is 3.10. The first-order chi connectivity index (χ1) is 7.27. The molecule has 0 saturated carbocycles. The van der Waals surface area contributed by atoms with Gasteiger partial charge in [-0.25, -0.2) is 14.4 Å². The van der Waals surface area contributed by atoms with Gasteiger partial charge in [-0.05, 0) is 23.8 Å². The fourth-order valence-corrected chi connectivity index (χ4v) is 1.83. The molecule has 1 unspecified atom stereocenters. The Labute approximate surface area is 95.3 Å². The quantitative estimate of drug-likeness (QED) is 0.781. The Balaban J connectivity index is 2.29. The Morgan fingerprint density at radius 3 is 2.47 bits per heavy atom. The van der Waals surface area contributed by atoms with Gasteiger partial charge in [0.05, 0.1) is 10.5 Å². The van der Waals surface area contributed by atoms with E-state index >= 15 is 0 Å². The monoisotopic (exact) mass is 266 g/mol. The summed E-state index contributed by atoms with van der Waals surface area (Å²) in [7, 11) is 0. The highest BCUT2D eigenvalue weighted by molar-refractivity contribution is 9.09. The Morgan fingerprint density at radius 1 is 1.13 bits per heavy atom. The molecule has 0 amide bonds. The highest BCUT2D eigenvalue weighted by atomic mass is 79.9. The van der Waals surface area contributed by atoms with Crippen molar-refractivity contribution in [3.8, 4) is 0 Å². The topological polar surface area (TPSA) is 25.8 Å². The van der Waals surface area contributed by atoms with Crippen LogP contribution in [0, 0.1) is 5.82 Å². The number of rotatable bonds is 2. The number of hydrogen-bond acceptors (Lipinski definition) is 2. The minimum Gasteiger partial charge on any atom is -0.245 e. The van der Waals surface area contributed by atoms with Crippen molar-refractivity contribution >= 4 is 15.9 Å². The molecule has 0 saturated heterocycles. The van der Waals surface area contributed by atoms with Gasteiger partial charge in [0.15, 0.2) is 0 Å². The van der Waals surface area contributed by atoms with Crippen molar-refractivity contribution < 1.29 is 4.39 Å². The van der Waals surface area contributed by atoms with E-state index in [0.717, 1.165) is 11.3 Å². The standard InChI is InChI=1S/C11H8BrFN2/c12-11(10-5-6-14-7-15-10)8-1-3-9(13)4-2-8/h1-7,11H. The summed E-state index contributed by atoms with van der Waals surface area (Å²) < 4.78 is 12.7. The molecule has 0 aliphatic heterocycles. The molecule has 15 heavy (non-hydrogen) atoms. The van der Waals surface area contributed by atoms with Crippen LogP contribution in [0.4, 0.5) is 4.39 Å². The molecular weight excluding hydrogens is 259 g/mol. The molecule has 0 spiro atoms. The highest BCUT2D eigenvalue weighted by Crippen LogP contribution is 2.28. The third-order valence-corrected chi connectivity index (χ3v) is 3.02. The molecule has 1 heterocycles. The molecule has 2 rings (SSSR count). The van der Waals surface area contributed by atoms with Crippen LogP contribution in [0.25, 0.3) is 0 Å². The van der Waals surface area contributed by atoms with Crippen LogP contribution in [-0.2, 0) is 0 Å². The van der Waals surface area contributed by atoms with Crippen LogP contribution < -0.4 is 0 Å². The van der Waals surface area contributed by atoms with E-state index < -0.39 is 0 Å². The second kappa shape index (κ2) is 4.49. The van der Waals surface area contributed by atoms with E-state index in [1.165, 1.54) is 18.5 Å². The number of aromatic nitrogens is 2. The lowest BCUT2D eigenvalue weighted by Crippen LogP contribution is -1.96. The van der Waals surface area contributed by atoms with Gasteiger partial charge in [-0.1, -0.05) is 28.1 Å². The van der Waals surface area contributed by atoms with Gasteiger partial charge in [-0.2, -0.15) is 0 Å². The van der Waals surface area contributed by atoms with Crippen molar-refractivity contribution in [3.05, 3.63) is 59.9 Å². The lowest BCUT2D eigenvalue weighted by molar-refractivity contribution is 0.627.